The fourth-order valence-electron chi connectivity index (χ4n) is 3.13. The van der Waals surface area contributed by atoms with Gasteiger partial charge in [0.25, 0.3) is 5.91 Å². The highest BCUT2D eigenvalue weighted by atomic mass is 32.2. The number of ether oxygens (including phenoxy) is 1. The highest BCUT2D eigenvalue weighted by Crippen LogP contribution is 2.18. The van der Waals surface area contributed by atoms with Gasteiger partial charge in [0.1, 0.15) is 0 Å². The van der Waals surface area contributed by atoms with Crippen LogP contribution in [0.25, 0.3) is 0 Å². The minimum Gasteiger partial charge on any atom is -0.452 e. The highest BCUT2D eigenvalue weighted by molar-refractivity contribution is 7.89. The smallest absolute Gasteiger partial charge is 0.338 e. The molecule has 0 saturated carbocycles. The van der Waals surface area contributed by atoms with E-state index in [1.54, 1.807) is 7.05 Å². The second kappa shape index (κ2) is 10.9. The summed E-state index contributed by atoms with van der Waals surface area (Å²) in [6.45, 7) is 1.56. The number of benzene rings is 3. The lowest BCUT2D eigenvalue weighted by molar-refractivity contribution is -0.135. The second-order valence-corrected chi connectivity index (χ2v) is 9.27. The molecule has 8 heteroatoms. The van der Waals surface area contributed by atoms with Crippen LogP contribution in [-0.2, 0) is 26.1 Å². The molecule has 1 atom stereocenters. The van der Waals surface area contributed by atoms with Crippen molar-refractivity contribution in [2.24, 2.45) is 0 Å². The van der Waals surface area contributed by atoms with Crippen LogP contribution < -0.4 is 4.72 Å². The zero-order valence-electron chi connectivity index (χ0n) is 18.5. The zero-order chi connectivity index (χ0) is 23.8. The number of likely N-dealkylation sites (N-methyl/N-ethyl adjacent to an activating group) is 1. The van der Waals surface area contributed by atoms with Gasteiger partial charge in [0.05, 0.1) is 16.5 Å². The Hall–Kier alpha value is -3.49. The Morgan fingerprint density at radius 1 is 0.939 bits per heavy atom. The summed E-state index contributed by atoms with van der Waals surface area (Å²) in [6.07, 6.45) is 0. The van der Waals surface area contributed by atoms with E-state index in [-0.39, 0.29) is 29.0 Å². The SMILES string of the molecule is CC(c1ccccc1)N(C)C(=O)COC(=O)c1cccc(S(=O)(=O)NCc2ccccc2)c1. The van der Waals surface area contributed by atoms with Crippen LogP contribution in [0.3, 0.4) is 0 Å². The zero-order valence-corrected chi connectivity index (χ0v) is 19.3. The lowest BCUT2D eigenvalue weighted by atomic mass is 10.1. The number of hydrogen-bond donors (Lipinski definition) is 1. The summed E-state index contributed by atoms with van der Waals surface area (Å²) in [5.74, 6) is -1.14. The molecule has 172 valence electrons. The molecule has 1 amide bonds. The lowest BCUT2D eigenvalue weighted by Gasteiger charge is -2.25. The van der Waals surface area contributed by atoms with Gasteiger partial charge in [0.15, 0.2) is 6.61 Å². The van der Waals surface area contributed by atoms with Crippen molar-refractivity contribution in [3.63, 3.8) is 0 Å². The highest BCUT2D eigenvalue weighted by Gasteiger charge is 2.20. The molecule has 0 aliphatic heterocycles. The molecule has 33 heavy (non-hydrogen) atoms. The third-order valence-corrected chi connectivity index (χ3v) is 6.67. The maximum absolute atomic E-state index is 12.6. The van der Waals surface area contributed by atoms with Gasteiger partial charge in [0.2, 0.25) is 10.0 Å². The van der Waals surface area contributed by atoms with Crippen molar-refractivity contribution in [3.05, 3.63) is 102 Å². The minimum atomic E-state index is -3.83. The molecule has 0 fully saturated rings. The van der Waals surface area contributed by atoms with E-state index in [2.05, 4.69) is 4.72 Å². The average molecular weight is 467 g/mol. The monoisotopic (exact) mass is 466 g/mol. The first-order valence-corrected chi connectivity index (χ1v) is 11.9. The number of carbonyl (C=O) groups excluding carboxylic acids is 2. The van der Waals surface area contributed by atoms with Crippen molar-refractivity contribution in [2.45, 2.75) is 24.4 Å². The van der Waals surface area contributed by atoms with Crippen LogP contribution in [0.5, 0.6) is 0 Å². The Morgan fingerprint density at radius 3 is 2.24 bits per heavy atom. The van der Waals surface area contributed by atoms with Crippen molar-refractivity contribution in [1.82, 2.24) is 9.62 Å². The molecule has 0 bridgehead atoms. The molecule has 0 saturated heterocycles. The molecule has 3 aromatic carbocycles. The molecule has 3 rings (SSSR count). The van der Waals surface area contributed by atoms with Crippen LogP contribution in [0.15, 0.2) is 89.8 Å². The van der Waals surface area contributed by atoms with Crippen LogP contribution in [-0.4, -0.2) is 38.8 Å². The number of esters is 1. The molecule has 1 N–H and O–H groups in total. The Balaban J connectivity index is 1.60. The van der Waals surface area contributed by atoms with Gasteiger partial charge in [-0.3, -0.25) is 4.79 Å². The Bertz CT molecular complexity index is 1200. The van der Waals surface area contributed by atoms with Gasteiger partial charge in [-0.05, 0) is 36.2 Å². The number of nitrogens with one attached hydrogen (secondary N) is 1. The summed E-state index contributed by atoms with van der Waals surface area (Å²) < 4.78 is 32.9. The van der Waals surface area contributed by atoms with Crippen LogP contribution in [0.2, 0.25) is 0 Å². The van der Waals surface area contributed by atoms with Gasteiger partial charge < -0.3 is 9.64 Å². The fraction of sp³-hybridized carbons (Fsp3) is 0.200. The topological polar surface area (TPSA) is 92.8 Å². The predicted molar refractivity (Wildman–Crippen MR) is 125 cm³/mol. The molecule has 0 aromatic heterocycles. The number of amides is 1. The van der Waals surface area contributed by atoms with Gasteiger partial charge >= 0.3 is 5.97 Å². The quantitative estimate of drug-likeness (QED) is 0.487. The third-order valence-electron chi connectivity index (χ3n) is 5.27. The van der Waals surface area contributed by atoms with Crippen molar-refractivity contribution < 1.29 is 22.7 Å². The number of rotatable bonds is 9. The van der Waals surface area contributed by atoms with Crippen LogP contribution in [0, 0.1) is 0 Å². The first-order chi connectivity index (χ1) is 15.8. The number of sulfonamides is 1. The van der Waals surface area contributed by atoms with E-state index in [0.29, 0.717) is 0 Å². The summed E-state index contributed by atoms with van der Waals surface area (Å²) in [6, 6.07) is 23.9. The van der Waals surface area contributed by atoms with Crippen LogP contribution in [0.1, 0.15) is 34.5 Å². The summed E-state index contributed by atoms with van der Waals surface area (Å²) in [7, 11) is -2.20. The summed E-state index contributed by atoms with van der Waals surface area (Å²) in [4.78, 5) is 26.4. The molecule has 1 unspecified atom stereocenters. The van der Waals surface area contributed by atoms with Crippen LogP contribution in [0.4, 0.5) is 0 Å². The van der Waals surface area contributed by atoms with E-state index in [0.717, 1.165) is 11.1 Å². The molecule has 7 nitrogen and oxygen atoms in total. The summed E-state index contributed by atoms with van der Waals surface area (Å²) in [5.41, 5.74) is 1.81. The maximum atomic E-state index is 12.6. The average Bonchev–Trinajstić information content (AvgIpc) is 2.86. The van der Waals surface area contributed by atoms with E-state index in [9.17, 15) is 18.0 Å². The van der Waals surface area contributed by atoms with Gasteiger partial charge in [-0.25, -0.2) is 17.9 Å². The van der Waals surface area contributed by atoms with Crippen LogP contribution >= 0.6 is 0 Å². The van der Waals surface area contributed by atoms with Crippen molar-refractivity contribution in [1.29, 1.82) is 0 Å². The Kier molecular flexibility index (Phi) is 7.97. The summed E-state index contributed by atoms with van der Waals surface area (Å²) >= 11 is 0. The Morgan fingerprint density at radius 2 is 1.58 bits per heavy atom. The summed E-state index contributed by atoms with van der Waals surface area (Å²) in [5, 5.41) is 0. The molecule has 0 aliphatic carbocycles. The normalized spacial score (nSPS) is 12.1. The lowest BCUT2D eigenvalue weighted by Crippen LogP contribution is -2.33. The first-order valence-electron chi connectivity index (χ1n) is 10.4. The van der Waals surface area contributed by atoms with Gasteiger partial charge in [-0.1, -0.05) is 66.7 Å². The van der Waals surface area contributed by atoms with E-state index in [1.807, 2.05) is 67.6 Å². The second-order valence-electron chi connectivity index (χ2n) is 7.51. The van der Waals surface area contributed by atoms with Gasteiger partial charge in [-0.15, -0.1) is 0 Å². The van der Waals surface area contributed by atoms with E-state index >= 15 is 0 Å². The molecule has 0 radical (unpaired) electrons. The van der Waals surface area contributed by atoms with E-state index < -0.39 is 22.6 Å². The maximum Gasteiger partial charge on any atom is 0.338 e. The predicted octanol–water partition coefficient (Wildman–Crippen LogP) is 3.54. The third kappa shape index (κ3) is 6.50. The van der Waals surface area contributed by atoms with Crippen molar-refractivity contribution >= 4 is 21.9 Å². The number of hydrogen-bond acceptors (Lipinski definition) is 5. The largest absolute Gasteiger partial charge is 0.452 e. The molecule has 0 spiro atoms. The van der Waals surface area contributed by atoms with Gasteiger partial charge in [-0.2, -0.15) is 0 Å². The molecular formula is C25H26N2O5S. The Labute approximate surface area is 194 Å². The standard InChI is InChI=1S/C25H26N2O5S/c1-19(21-12-7-4-8-13-21)27(2)24(28)18-32-25(29)22-14-9-15-23(16-22)33(30,31)26-17-20-10-5-3-6-11-20/h3-16,19,26H,17-18H2,1-2H3. The molecule has 0 heterocycles. The minimum absolute atomic E-state index is 0.0455. The van der Waals surface area contributed by atoms with E-state index in [1.165, 1.54) is 29.2 Å². The fourth-order valence-corrected chi connectivity index (χ4v) is 4.19. The van der Waals surface area contributed by atoms with Gasteiger partial charge in [0, 0.05) is 13.6 Å². The van der Waals surface area contributed by atoms with Crippen molar-refractivity contribution in [2.75, 3.05) is 13.7 Å². The molecule has 0 aliphatic rings. The van der Waals surface area contributed by atoms with E-state index in [4.69, 9.17) is 4.74 Å². The number of nitrogens with zero attached hydrogens (tertiary/aromatic N) is 1. The van der Waals surface area contributed by atoms with Crippen molar-refractivity contribution in [3.8, 4) is 0 Å². The molecular weight excluding hydrogens is 440 g/mol. The molecule has 3 aromatic rings. The number of carbonyl (C=O) groups is 2. The first kappa shape index (κ1) is 24.2.